The minimum absolute atomic E-state index is 0.177. The minimum Gasteiger partial charge on any atom is -0.218 e. The largest absolute Gasteiger partial charge is 0.223 e. The zero-order chi connectivity index (χ0) is 15.5. The molecule has 0 aliphatic rings. The third-order valence-electron chi connectivity index (χ3n) is 3.50. The molecule has 2 aromatic carbocycles. The van der Waals surface area contributed by atoms with Gasteiger partial charge in [0.2, 0.25) is 5.28 Å². The van der Waals surface area contributed by atoms with Gasteiger partial charge in [0.1, 0.15) is 5.82 Å². The van der Waals surface area contributed by atoms with E-state index in [0.717, 1.165) is 23.2 Å². The van der Waals surface area contributed by atoms with Crippen molar-refractivity contribution in [2.24, 2.45) is 0 Å². The Hall–Kier alpha value is -2.26. The first-order valence-electron chi connectivity index (χ1n) is 7.05. The van der Waals surface area contributed by atoms with Gasteiger partial charge in [0.25, 0.3) is 0 Å². The zero-order valence-electron chi connectivity index (χ0n) is 12.1. The van der Waals surface area contributed by atoms with E-state index in [4.69, 9.17) is 11.6 Å². The Kier molecular flexibility index (Phi) is 4.16. The summed E-state index contributed by atoms with van der Waals surface area (Å²) in [5.74, 6) is -0.278. The van der Waals surface area contributed by atoms with Crippen LogP contribution in [0.1, 0.15) is 12.5 Å². The van der Waals surface area contributed by atoms with Gasteiger partial charge < -0.3 is 0 Å². The zero-order valence-corrected chi connectivity index (χ0v) is 12.8. The minimum atomic E-state index is -0.278. The molecule has 2 nitrogen and oxygen atoms in total. The molecule has 0 fully saturated rings. The lowest BCUT2D eigenvalue weighted by Gasteiger charge is -2.06. The van der Waals surface area contributed by atoms with E-state index in [9.17, 15) is 4.39 Å². The third-order valence-corrected chi connectivity index (χ3v) is 3.67. The molecular formula is C18H14ClFN2. The summed E-state index contributed by atoms with van der Waals surface area (Å²) in [6.07, 6.45) is 0.992. The first-order chi connectivity index (χ1) is 10.7. The van der Waals surface area contributed by atoms with Crippen molar-refractivity contribution in [2.75, 3.05) is 0 Å². The van der Waals surface area contributed by atoms with Gasteiger partial charge >= 0.3 is 0 Å². The molecular weight excluding hydrogens is 299 g/mol. The number of hydrogen-bond donors (Lipinski definition) is 0. The van der Waals surface area contributed by atoms with Crippen LogP contribution < -0.4 is 0 Å². The van der Waals surface area contributed by atoms with E-state index in [2.05, 4.69) is 29.0 Å². The number of halogens is 2. The van der Waals surface area contributed by atoms with Crippen molar-refractivity contribution in [3.05, 3.63) is 71.3 Å². The topological polar surface area (TPSA) is 25.8 Å². The molecule has 0 amide bonds. The summed E-state index contributed by atoms with van der Waals surface area (Å²) in [6.45, 7) is 2.11. The highest BCUT2D eigenvalue weighted by Crippen LogP contribution is 2.25. The average molecular weight is 313 g/mol. The van der Waals surface area contributed by atoms with Gasteiger partial charge in [0.05, 0.1) is 11.4 Å². The lowest BCUT2D eigenvalue weighted by Crippen LogP contribution is -1.92. The van der Waals surface area contributed by atoms with Crippen LogP contribution in [0.25, 0.3) is 22.5 Å². The quantitative estimate of drug-likeness (QED) is 0.624. The van der Waals surface area contributed by atoms with Gasteiger partial charge in [0.15, 0.2) is 0 Å². The first-order valence-corrected chi connectivity index (χ1v) is 7.43. The molecule has 0 saturated heterocycles. The molecule has 1 heterocycles. The van der Waals surface area contributed by atoms with Crippen LogP contribution in [0.2, 0.25) is 5.28 Å². The van der Waals surface area contributed by atoms with Crippen LogP contribution in [0.3, 0.4) is 0 Å². The Balaban J connectivity index is 2.03. The Morgan fingerprint density at radius 3 is 1.86 bits per heavy atom. The van der Waals surface area contributed by atoms with E-state index >= 15 is 0 Å². The monoisotopic (exact) mass is 312 g/mol. The Bertz CT molecular complexity index is 783. The third kappa shape index (κ3) is 3.15. The van der Waals surface area contributed by atoms with Crippen molar-refractivity contribution in [3.8, 4) is 22.5 Å². The first kappa shape index (κ1) is 14.7. The van der Waals surface area contributed by atoms with Gasteiger partial charge in [-0.05, 0) is 53.9 Å². The molecule has 0 N–H and O–H groups in total. The van der Waals surface area contributed by atoms with Crippen molar-refractivity contribution >= 4 is 11.6 Å². The predicted octanol–water partition coefficient (Wildman–Crippen LogP) is 5.17. The standard InChI is InChI=1S/C18H14ClFN2/c1-2-12-3-5-13(6-4-12)16-11-17(22-18(19)21-16)14-7-9-15(20)10-8-14/h3-11H,2H2,1H3. The molecule has 0 spiro atoms. The summed E-state index contributed by atoms with van der Waals surface area (Å²) in [4.78, 5) is 8.51. The number of aryl methyl sites for hydroxylation is 1. The molecule has 0 atom stereocenters. The second-order valence-electron chi connectivity index (χ2n) is 4.96. The van der Waals surface area contributed by atoms with Crippen molar-refractivity contribution in [3.63, 3.8) is 0 Å². The molecule has 4 heteroatoms. The Morgan fingerprint density at radius 2 is 1.36 bits per heavy atom. The van der Waals surface area contributed by atoms with Gasteiger partial charge in [-0.1, -0.05) is 31.2 Å². The molecule has 0 bridgehead atoms. The van der Waals surface area contributed by atoms with Crippen LogP contribution in [0.5, 0.6) is 0 Å². The number of aromatic nitrogens is 2. The molecule has 0 aliphatic carbocycles. The van der Waals surface area contributed by atoms with Crippen molar-refractivity contribution in [1.82, 2.24) is 9.97 Å². The molecule has 110 valence electrons. The highest BCUT2D eigenvalue weighted by molar-refractivity contribution is 6.28. The maximum absolute atomic E-state index is 13.0. The fourth-order valence-corrected chi connectivity index (χ4v) is 2.43. The van der Waals surface area contributed by atoms with E-state index in [1.807, 2.05) is 18.2 Å². The predicted molar refractivity (Wildman–Crippen MR) is 87.3 cm³/mol. The van der Waals surface area contributed by atoms with E-state index in [0.29, 0.717) is 5.69 Å². The van der Waals surface area contributed by atoms with Crippen LogP contribution in [0.4, 0.5) is 4.39 Å². The lowest BCUT2D eigenvalue weighted by molar-refractivity contribution is 0.628. The van der Waals surface area contributed by atoms with Gasteiger partial charge in [0, 0.05) is 11.1 Å². The van der Waals surface area contributed by atoms with Gasteiger partial charge in [-0.15, -0.1) is 0 Å². The highest BCUT2D eigenvalue weighted by Gasteiger charge is 2.07. The number of nitrogens with zero attached hydrogens (tertiary/aromatic N) is 2. The molecule has 1 aromatic heterocycles. The second kappa shape index (κ2) is 6.24. The maximum atomic E-state index is 13.0. The SMILES string of the molecule is CCc1ccc(-c2cc(-c3ccc(F)cc3)nc(Cl)n2)cc1. The van der Waals surface area contributed by atoms with Crippen LogP contribution in [-0.2, 0) is 6.42 Å². The summed E-state index contributed by atoms with van der Waals surface area (Å²) < 4.78 is 13.0. The highest BCUT2D eigenvalue weighted by atomic mass is 35.5. The van der Waals surface area contributed by atoms with E-state index in [-0.39, 0.29) is 11.1 Å². The van der Waals surface area contributed by atoms with Crippen LogP contribution in [0.15, 0.2) is 54.6 Å². The molecule has 0 saturated carbocycles. The Labute approximate surface area is 133 Å². The summed E-state index contributed by atoms with van der Waals surface area (Å²) >= 11 is 6.04. The molecule has 22 heavy (non-hydrogen) atoms. The van der Waals surface area contributed by atoms with Gasteiger partial charge in [-0.3, -0.25) is 0 Å². The molecule has 0 unspecified atom stereocenters. The van der Waals surface area contributed by atoms with Crippen molar-refractivity contribution in [1.29, 1.82) is 0 Å². The normalized spacial score (nSPS) is 10.7. The van der Waals surface area contributed by atoms with Crippen LogP contribution in [0, 0.1) is 5.82 Å². The number of rotatable bonds is 3. The smallest absolute Gasteiger partial charge is 0.218 e. The molecule has 0 aliphatic heterocycles. The van der Waals surface area contributed by atoms with Crippen molar-refractivity contribution in [2.45, 2.75) is 13.3 Å². The number of hydrogen-bond acceptors (Lipinski definition) is 2. The van der Waals surface area contributed by atoms with Crippen LogP contribution >= 0.6 is 11.6 Å². The van der Waals surface area contributed by atoms with Gasteiger partial charge in [-0.25, -0.2) is 14.4 Å². The fraction of sp³-hybridized carbons (Fsp3) is 0.111. The Morgan fingerprint density at radius 1 is 0.864 bits per heavy atom. The van der Waals surface area contributed by atoms with E-state index in [1.54, 1.807) is 12.1 Å². The molecule has 0 radical (unpaired) electrons. The van der Waals surface area contributed by atoms with Crippen molar-refractivity contribution < 1.29 is 4.39 Å². The van der Waals surface area contributed by atoms with Gasteiger partial charge in [-0.2, -0.15) is 0 Å². The maximum Gasteiger partial charge on any atom is 0.223 e. The summed E-state index contributed by atoms with van der Waals surface area (Å²) in [5, 5.41) is 0.177. The summed E-state index contributed by atoms with van der Waals surface area (Å²) in [7, 11) is 0. The van der Waals surface area contributed by atoms with E-state index < -0.39 is 0 Å². The summed E-state index contributed by atoms with van der Waals surface area (Å²) in [6, 6.07) is 16.2. The molecule has 3 rings (SSSR count). The number of benzene rings is 2. The fourth-order valence-electron chi connectivity index (χ4n) is 2.25. The summed E-state index contributed by atoms with van der Waals surface area (Å²) in [5.41, 5.74) is 4.47. The molecule has 3 aromatic rings. The average Bonchev–Trinajstić information content (AvgIpc) is 2.55. The lowest BCUT2D eigenvalue weighted by atomic mass is 10.1. The van der Waals surface area contributed by atoms with Crippen LogP contribution in [-0.4, -0.2) is 9.97 Å². The second-order valence-corrected chi connectivity index (χ2v) is 5.30. The van der Waals surface area contributed by atoms with E-state index in [1.165, 1.54) is 17.7 Å².